The van der Waals surface area contributed by atoms with E-state index in [-0.39, 0.29) is 0 Å². The summed E-state index contributed by atoms with van der Waals surface area (Å²) in [6.45, 7) is 6.71. The van der Waals surface area contributed by atoms with E-state index in [4.69, 9.17) is 0 Å². The van der Waals surface area contributed by atoms with Crippen molar-refractivity contribution in [3.63, 3.8) is 0 Å². The molecule has 0 aliphatic carbocycles. The lowest BCUT2D eigenvalue weighted by atomic mass is 10.6. The SMILES string of the molecule is CC1S[C@H](C)N[C@@H](C)S1. The molecule has 0 aromatic carbocycles. The van der Waals surface area contributed by atoms with Crippen molar-refractivity contribution in [2.75, 3.05) is 0 Å². The summed E-state index contributed by atoms with van der Waals surface area (Å²) in [5.74, 6) is 0. The number of hydrogen-bond donors (Lipinski definition) is 1. The topological polar surface area (TPSA) is 12.0 Å². The van der Waals surface area contributed by atoms with Crippen LogP contribution >= 0.6 is 23.5 Å². The Kier molecular flexibility index (Phi) is 2.73. The second-order valence-electron chi connectivity index (χ2n) is 2.29. The lowest BCUT2D eigenvalue weighted by molar-refractivity contribution is 0.674. The van der Waals surface area contributed by atoms with Crippen LogP contribution in [0.4, 0.5) is 0 Å². The van der Waals surface area contributed by atoms with Crippen LogP contribution < -0.4 is 5.32 Å². The third-order valence-corrected chi connectivity index (χ3v) is 3.78. The lowest BCUT2D eigenvalue weighted by Crippen LogP contribution is -2.36. The minimum Gasteiger partial charge on any atom is -0.294 e. The Morgan fingerprint density at radius 3 is 1.78 bits per heavy atom. The molecular formula is C6H13NS2. The fraction of sp³-hybridized carbons (Fsp3) is 1.00. The second kappa shape index (κ2) is 3.17. The van der Waals surface area contributed by atoms with Crippen LogP contribution in [0.2, 0.25) is 0 Å². The molecule has 0 bridgehead atoms. The van der Waals surface area contributed by atoms with Gasteiger partial charge in [0.15, 0.2) is 0 Å². The molecule has 1 saturated heterocycles. The van der Waals surface area contributed by atoms with E-state index in [0.717, 1.165) is 4.58 Å². The van der Waals surface area contributed by atoms with E-state index in [1.807, 2.05) is 23.5 Å². The molecule has 1 nitrogen and oxygen atoms in total. The summed E-state index contributed by atoms with van der Waals surface area (Å²) in [7, 11) is 0. The van der Waals surface area contributed by atoms with Crippen LogP contribution in [0.3, 0.4) is 0 Å². The fourth-order valence-corrected chi connectivity index (χ4v) is 4.07. The molecule has 0 aromatic rings. The molecule has 0 aromatic heterocycles. The maximum Gasteiger partial charge on any atom is 0.0522 e. The quantitative estimate of drug-likeness (QED) is 0.587. The molecule has 0 radical (unpaired) electrons. The molecule has 1 rings (SSSR count). The van der Waals surface area contributed by atoms with Crippen molar-refractivity contribution in [2.24, 2.45) is 0 Å². The minimum atomic E-state index is 0.635. The Morgan fingerprint density at radius 1 is 1.00 bits per heavy atom. The number of hydrogen-bond acceptors (Lipinski definition) is 3. The van der Waals surface area contributed by atoms with E-state index in [9.17, 15) is 0 Å². The van der Waals surface area contributed by atoms with Crippen LogP contribution in [-0.2, 0) is 0 Å². The van der Waals surface area contributed by atoms with E-state index < -0.39 is 0 Å². The predicted molar refractivity (Wildman–Crippen MR) is 46.7 cm³/mol. The molecule has 1 aliphatic rings. The zero-order chi connectivity index (χ0) is 6.85. The van der Waals surface area contributed by atoms with Crippen molar-refractivity contribution >= 4 is 23.5 Å². The summed E-state index contributed by atoms with van der Waals surface area (Å²) < 4.78 is 0.760. The predicted octanol–water partition coefficient (Wildman–Crippen LogP) is 2.09. The summed E-state index contributed by atoms with van der Waals surface area (Å²) in [4.78, 5) is 0. The Hall–Kier alpha value is 0.660. The van der Waals surface area contributed by atoms with Crippen LogP contribution in [0.1, 0.15) is 20.8 Å². The molecular weight excluding hydrogens is 150 g/mol. The van der Waals surface area contributed by atoms with Gasteiger partial charge in [-0.15, -0.1) is 23.5 Å². The first kappa shape index (κ1) is 7.76. The fourth-order valence-electron chi connectivity index (χ4n) is 1.02. The Morgan fingerprint density at radius 2 is 1.44 bits per heavy atom. The van der Waals surface area contributed by atoms with Gasteiger partial charge in [-0.1, -0.05) is 0 Å². The molecule has 0 spiro atoms. The third-order valence-electron chi connectivity index (χ3n) is 1.26. The second-order valence-corrected chi connectivity index (χ2v) is 5.96. The zero-order valence-corrected chi connectivity index (χ0v) is 7.68. The van der Waals surface area contributed by atoms with E-state index in [0.29, 0.717) is 10.7 Å². The van der Waals surface area contributed by atoms with Crippen LogP contribution in [0, 0.1) is 0 Å². The largest absolute Gasteiger partial charge is 0.294 e. The van der Waals surface area contributed by atoms with Gasteiger partial charge in [0, 0.05) is 0 Å². The summed E-state index contributed by atoms with van der Waals surface area (Å²) in [6.07, 6.45) is 0. The average molecular weight is 163 g/mol. The highest BCUT2D eigenvalue weighted by Crippen LogP contribution is 2.33. The molecule has 1 fully saturated rings. The number of thioether (sulfide) groups is 2. The van der Waals surface area contributed by atoms with Crippen LogP contribution in [0.15, 0.2) is 0 Å². The van der Waals surface area contributed by atoms with Gasteiger partial charge in [-0.3, -0.25) is 5.32 Å². The van der Waals surface area contributed by atoms with Gasteiger partial charge in [0.2, 0.25) is 0 Å². The molecule has 2 atom stereocenters. The summed E-state index contributed by atoms with van der Waals surface area (Å²) in [5, 5.41) is 4.71. The van der Waals surface area contributed by atoms with Gasteiger partial charge in [0.1, 0.15) is 0 Å². The molecule has 1 N–H and O–H groups in total. The Balaban J connectivity index is 2.34. The van der Waals surface area contributed by atoms with Gasteiger partial charge in [-0.2, -0.15) is 0 Å². The molecule has 0 amide bonds. The third kappa shape index (κ3) is 2.40. The van der Waals surface area contributed by atoms with Gasteiger partial charge < -0.3 is 0 Å². The highest BCUT2D eigenvalue weighted by Gasteiger charge is 2.19. The normalized spacial score (nSPS) is 45.0. The number of nitrogens with one attached hydrogen (secondary N) is 1. The molecule has 0 saturated carbocycles. The zero-order valence-electron chi connectivity index (χ0n) is 6.05. The molecule has 0 unspecified atom stereocenters. The van der Waals surface area contributed by atoms with Gasteiger partial charge in [-0.25, -0.2) is 0 Å². The monoisotopic (exact) mass is 163 g/mol. The molecule has 54 valence electrons. The van der Waals surface area contributed by atoms with Crippen molar-refractivity contribution in [2.45, 2.75) is 36.1 Å². The van der Waals surface area contributed by atoms with Crippen molar-refractivity contribution in [3.8, 4) is 0 Å². The Bertz CT molecular complexity index is 72.0. The van der Waals surface area contributed by atoms with Crippen molar-refractivity contribution < 1.29 is 0 Å². The highest BCUT2D eigenvalue weighted by molar-refractivity contribution is 8.18. The first-order valence-corrected chi connectivity index (χ1v) is 5.14. The maximum absolute atomic E-state index is 3.44. The van der Waals surface area contributed by atoms with E-state index in [2.05, 4.69) is 26.1 Å². The highest BCUT2D eigenvalue weighted by atomic mass is 32.2. The van der Waals surface area contributed by atoms with Gasteiger partial charge in [0.05, 0.1) is 15.3 Å². The van der Waals surface area contributed by atoms with Crippen molar-refractivity contribution in [1.29, 1.82) is 0 Å². The van der Waals surface area contributed by atoms with Gasteiger partial charge in [0.25, 0.3) is 0 Å². The standard InChI is InChI=1S/C6H13NS2/c1-4-7-5(2)9-6(3)8-4/h4-7H,1-3H3/t4-,5-/m1/s1. The van der Waals surface area contributed by atoms with Crippen LogP contribution in [0.25, 0.3) is 0 Å². The Labute approximate surface area is 65.4 Å². The smallest absolute Gasteiger partial charge is 0.0522 e. The van der Waals surface area contributed by atoms with Crippen LogP contribution in [-0.4, -0.2) is 15.3 Å². The van der Waals surface area contributed by atoms with Gasteiger partial charge >= 0.3 is 0 Å². The van der Waals surface area contributed by atoms with Crippen molar-refractivity contribution in [1.82, 2.24) is 5.32 Å². The summed E-state index contributed by atoms with van der Waals surface area (Å²) in [5.41, 5.74) is 0. The molecule has 9 heavy (non-hydrogen) atoms. The lowest BCUT2D eigenvalue weighted by Gasteiger charge is -2.29. The van der Waals surface area contributed by atoms with E-state index in [1.54, 1.807) is 0 Å². The maximum atomic E-state index is 3.44. The van der Waals surface area contributed by atoms with Gasteiger partial charge in [-0.05, 0) is 20.8 Å². The van der Waals surface area contributed by atoms with Crippen molar-refractivity contribution in [3.05, 3.63) is 0 Å². The first-order chi connectivity index (χ1) is 4.18. The van der Waals surface area contributed by atoms with E-state index in [1.165, 1.54) is 0 Å². The molecule has 1 aliphatic heterocycles. The van der Waals surface area contributed by atoms with Crippen LogP contribution in [0.5, 0.6) is 0 Å². The molecule has 3 heteroatoms. The summed E-state index contributed by atoms with van der Waals surface area (Å²) in [6, 6.07) is 0. The molecule has 1 heterocycles. The first-order valence-electron chi connectivity index (χ1n) is 3.25. The van der Waals surface area contributed by atoms with E-state index >= 15 is 0 Å². The average Bonchev–Trinajstić information content (AvgIpc) is 1.59. The summed E-state index contributed by atoms with van der Waals surface area (Å²) >= 11 is 3.99. The number of rotatable bonds is 0. The minimum absolute atomic E-state index is 0.635.